The van der Waals surface area contributed by atoms with Crippen LogP contribution >= 0.6 is 11.3 Å². The predicted octanol–water partition coefficient (Wildman–Crippen LogP) is 3.94. The molecule has 0 bridgehead atoms. The number of fused-ring (bicyclic) bond motifs is 1. The molecule has 2 atom stereocenters. The number of nitrogens with one attached hydrogen (secondary N) is 1. The highest BCUT2D eigenvalue weighted by atomic mass is 32.1. The summed E-state index contributed by atoms with van der Waals surface area (Å²) in [6, 6.07) is 5.31. The van der Waals surface area contributed by atoms with Crippen molar-refractivity contribution in [3.05, 3.63) is 34.8 Å². The second-order valence-corrected chi connectivity index (χ2v) is 8.15. The van der Waals surface area contributed by atoms with E-state index in [0.29, 0.717) is 16.3 Å². The van der Waals surface area contributed by atoms with Crippen molar-refractivity contribution in [3.63, 3.8) is 0 Å². The highest BCUT2D eigenvalue weighted by molar-refractivity contribution is 7.16. The number of nitrogens with zero attached hydrogens (tertiary/aromatic N) is 2. The van der Waals surface area contributed by atoms with E-state index in [0.717, 1.165) is 23.1 Å². The van der Waals surface area contributed by atoms with E-state index in [1.54, 1.807) is 18.7 Å². The standard InChI is InChI=1S/C20H23N3O4S/c1-11(2)27-20(26)22-17-7-12(3)23(13(4)25)18-6-5-14(8-16(17)18)19-21-9-15(10-24)28-19/h5-6,8-12,17H,7H2,1-4H3,(H,22,26)/t12-,17?/m0/s1. The van der Waals surface area contributed by atoms with Gasteiger partial charge in [-0.15, -0.1) is 11.3 Å². The third-order valence-electron chi connectivity index (χ3n) is 4.54. The molecule has 7 nitrogen and oxygen atoms in total. The number of benzene rings is 1. The van der Waals surface area contributed by atoms with Gasteiger partial charge in [0, 0.05) is 30.4 Å². The highest BCUT2D eigenvalue weighted by Crippen LogP contribution is 2.40. The number of anilines is 1. The topological polar surface area (TPSA) is 88.6 Å². The summed E-state index contributed by atoms with van der Waals surface area (Å²) in [5, 5.41) is 3.63. The molecule has 1 aliphatic rings. The molecule has 0 spiro atoms. The molecule has 1 aromatic heterocycles. The number of alkyl carbamates (subject to hydrolysis) is 1. The Balaban J connectivity index is 2.01. The Labute approximate surface area is 167 Å². The van der Waals surface area contributed by atoms with Crippen molar-refractivity contribution in [1.29, 1.82) is 0 Å². The van der Waals surface area contributed by atoms with Gasteiger partial charge in [-0.25, -0.2) is 9.78 Å². The van der Waals surface area contributed by atoms with Crippen molar-refractivity contribution >= 4 is 35.3 Å². The molecule has 0 fully saturated rings. The van der Waals surface area contributed by atoms with Crippen LogP contribution in [0.25, 0.3) is 10.6 Å². The molecule has 1 aliphatic heterocycles. The lowest BCUT2D eigenvalue weighted by atomic mass is 9.90. The third kappa shape index (κ3) is 4.06. The van der Waals surface area contributed by atoms with E-state index >= 15 is 0 Å². The van der Waals surface area contributed by atoms with Crippen LogP contribution < -0.4 is 10.2 Å². The molecular weight excluding hydrogens is 378 g/mol. The monoisotopic (exact) mass is 401 g/mol. The summed E-state index contributed by atoms with van der Waals surface area (Å²) in [5.74, 6) is -0.0535. The minimum absolute atomic E-state index is 0.0535. The van der Waals surface area contributed by atoms with Crippen molar-refractivity contribution < 1.29 is 19.1 Å². The largest absolute Gasteiger partial charge is 0.447 e. The predicted molar refractivity (Wildman–Crippen MR) is 108 cm³/mol. The number of aromatic nitrogens is 1. The lowest BCUT2D eigenvalue weighted by Gasteiger charge is -2.39. The van der Waals surface area contributed by atoms with Crippen LogP contribution in [0.2, 0.25) is 0 Å². The zero-order valence-electron chi connectivity index (χ0n) is 16.3. The number of amides is 2. The minimum atomic E-state index is -0.489. The fourth-order valence-corrected chi connectivity index (χ4v) is 4.21. The third-order valence-corrected chi connectivity index (χ3v) is 5.51. The van der Waals surface area contributed by atoms with Crippen LogP contribution in [0.3, 0.4) is 0 Å². The van der Waals surface area contributed by atoms with Crippen molar-refractivity contribution in [2.45, 2.75) is 52.3 Å². The van der Waals surface area contributed by atoms with Crippen LogP contribution in [0, 0.1) is 0 Å². The zero-order chi connectivity index (χ0) is 20.4. The Kier molecular flexibility index (Phi) is 5.79. The molecule has 1 N–H and O–H groups in total. The molecule has 2 aromatic rings. The van der Waals surface area contributed by atoms with Gasteiger partial charge < -0.3 is 15.0 Å². The van der Waals surface area contributed by atoms with Gasteiger partial charge in [0.05, 0.1) is 17.0 Å². The van der Waals surface area contributed by atoms with Gasteiger partial charge in [-0.2, -0.15) is 0 Å². The molecule has 2 amide bonds. The van der Waals surface area contributed by atoms with Crippen LogP contribution in [0.15, 0.2) is 24.4 Å². The molecule has 148 valence electrons. The van der Waals surface area contributed by atoms with Gasteiger partial charge in [0.15, 0.2) is 6.29 Å². The molecule has 8 heteroatoms. The quantitative estimate of drug-likeness (QED) is 0.784. The Morgan fingerprint density at radius 1 is 1.39 bits per heavy atom. The van der Waals surface area contributed by atoms with Crippen molar-refractivity contribution in [2.24, 2.45) is 0 Å². The first-order valence-corrected chi connectivity index (χ1v) is 9.94. The molecule has 1 aromatic carbocycles. The van der Waals surface area contributed by atoms with Gasteiger partial charge in [-0.1, -0.05) is 0 Å². The van der Waals surface area contributed by atoms with Crippen molar-refractivity contribution in [2.75, 3.05) is 4.90 Å². The van der Waals surface area contributed by atoms with E-state index in [1.165, 1.54) is 24.5 Å². The summed E-state index contributed by atoms with van der Waals surface area (Å²) >= 11 is 1.30. The Hall–Kier alpha value is -2.74. The van der Waals surface area contributed by atoms with Gasteiger partial charge >= 0.3 is 6.09 Å². The first-order valence-electron chi connectivity index (χ1n) is 9.12. The molecule has 2 heterocycles. The summed E-state index contributed by atoms with van der Waals surface area (Å²) in [6.07, 6.45) is 2.16. The lowest BCUT2D eigenvalue weighted by molar-refractivity contribution is -0.117. The average Bonchev–Trinajstić information content (AvgIpc) is 3.09. The molecule has 0 aliphatic carbocycles. The maximum absolute atomic E-state index is 12.2. The molecule has 28 heavy (non-hydrogen) atoms. The van der Waals surface area contributed by atoms with E-state index in [-0.39, 0.29) is 24.1 Å². The maximum atomic E-state index is 12.2. The number of ether oxygens (including phenoxy) is 1. The normalized spacial score (nSPS) is 18.5. The van der Waals surface area contributed by atoms with E-state index in [4.69, 9.17) is 4.74 Å². The smallest absolute Gasteiger partial charge is 0.407 e. The first kappa shape index (κ1) is 20.0. The Morgan fingerprint density at radius 2 is 2.14 bits per heavy atom. The first-order chi connectivity index (χ1) is 13.3. The Morgan fingerprint density at radius 3 is 2.75 bits per heavy atom. The van der Waals surface area contributed by atoms with Crippen LogP contribution in [0.4, 0.5) is 10.5 Å². The van der Waals surface area contributed by atoms with Crippen molar-refractivity contribution in [3.8, 4) is 10.6 Å². The summed E-state index contributed by atoms with van der Waals surface area (Å²) in [4.78, 5) is 41.9. The number of carbonyl (C=O) groups is 3. The fourth-order valence-electron chi connectivity index (χ4n) is 3.48. The van der Waals surface area contributed by atoms with Gasteiger partial charge in [-0.3, -0.25) is 9.59 Å². The second kappa shape index (κ2) is 8.10. The summed E-state index contributed by atoms with van der Waals surface area (Å²) in [6.45, 7) is 7.07. The Bertz CT molecular complexity index is 909. The second-order valence-electron chi connectivity index (χ2n) is 7.08. The summed E-state index contributed by atoms with van der Waals surface area (Å²) < 4.78 is 5.23. The number of carbonyl (C=O) groups excluding carboxylic acids is 3. The minimum Gasteiger partial charge on any atom is -0.447 e. The van der Waals surface area contributed by atoms with Crippen LogP contribution in [-0.2, 0) is 9.53 Å². The van der Waals surface area contributed by atoms with Gasteiger partial charge in [-0.05, 0) is 51.0 Å². The molecular formula is C20H23N3O4S. The number of thiazole rings is 1. The lowest BCUT2D eigenvalue weighted by Crippen LogP contribution is -2.45. The van der Waals surface area contributed by atoms with E-state index < -0.39 is 6.09 Å². The van der Waals surface area contributed by atoms with Crippen LogP contribution in [0.1, 0.15) is 55.4 Å². The number of rotatable bonds is 4. The average molecular weight is 401 g/mol. The maximum Gasteiger partial charge on any atom is 0.407 e. The van der Waals surface area contributed by atoms with E-state index in [2.05, 4.69) is 10.3 Å². The molecule has 3 rings (SSSR count). The summed E-state index contributed by atoms with van der Waals surface area (Å²) in [7, 11) is 0. The van der Waals surface area contributed by atoms with Gasteiger partial charge in [0.25, 0.3) is 0 Å². The van der Waals surface area contributed by atoms with Gasteiger partial charge in [0.1, 0.15) is 5.01 Å². The number of hydrogen-bond donors (Lipinski definition) is 1. The van der Waals surface area contributed by atoms with Crippen molar-refractivity contribution in [1.82, 2.24) is 10.3 Å². The molecule has 0 saturated carbocycles. The molecule has 1 unspecified atom stereocenters. The highest BCUT2D eigenvalue weighted by Gasteiger charge is 2.34. The fraction of sp³-hybridized carbons (Fsp3) is 0.400. The zero-order valence-corrected chi connectivity index (χ0v) is 17.1. The van der Waals surface area contributed by atoms with Gasteiger partial charge in [0.2, 0.25) is 5.91 Å². The number of hydrogen-bond acceptors (Lipinski definition) is 6. The SMILES string of the molecule is CC(=O)N1c2ccc(-c3ncc(C=O)s3)cc2C(NC(=O)OC(C)C)C[C@@H]1C. The number of aldehydes is 1. The van der Waals surface area contributed by atoms with Crippen LogP contribution in [-0.4, -0.2) is 35.4 Å². The van der Waals surface area contributed by atoms with Crippen LogP contribution in [0.5, 0.6) is 0 Å². The van der Waals surface area contributed by atoms with E-state index in [9.17, 15) is 14.4 Å². The molecule has 0 radical (unpaired) electrons. The molecule has 0 saturated heterocycles. The van der Waals surface area contributed by atoms with E-state index in [1.807, 2.05) is 25.1 Å². The summed E-state index contributed by atoms with van der Waals surface area (Å²) in [5.41, 5.74) is 2.42.